The zero-order valence-electron chi connectivity index (χ0n) is 12.7. The molecule has 3 heteroatoms. The Morgan fingerprint density at radius 2 is 1.90 bits per heavy atom. The molecule has 0 saturated heterocycles. The molecule has 1 aliphatic carbocycles. The number of ether oxygens (including phenoxy) is 2. The molecule has 1 aromatic carbocycles. The number of nitrogens with two attached hydrogens (primary N) is 1. The van der Waals surface area contributed by atoms with Gasteiger partial charge in [-0.25, -0.2) is 0 Å². The van der Waals surface area contributed by atoms with Gasteiger partial charge < -0.3 is 15.2 Å². The summed E-state index contributed by atoms with van der Waals surface area (Å²) < 4.78 is 11.7. The molecule has 0 unspecified atom stereocenters. The van der Waals surface area contributed by atoms with Crippen molar-refractivity contribution in [2.75, 3.05) is 7.11 Å². The Labute approximate surface area is 121 Å². The van der Waals surface area contributed by atoms with Crippen LogP contribution >= 0.6 is 0 Å². The van der Waals surface area contributed by atoms with Gasteiger partial charge in [-0.15, -0.1) is 0 Å². The van der Waals surface area contributed by atoms with Gasteiger partial charge in [-0.1, -0.05) is 19.9 Å². The van der Waals surface area contributed by atoms with Crippen LogP contribution in [0.2, 0.25) is 0 Å². The van der Waals surface area contributed by atoms with Crippen LogP contribution < -0.4 is 15.2 Å². The van der Waals surface area contributed by atoms with Gasteiger partial charge in [0, 0.05) is 24.1 Å². The van der Waals surface area contributed by atoms with Gasteiger partial charge in [0.25, 0.3) is 0 Å². The molecule has 1 spiro atoms. The fraction of sp³-hybridized carbons (Fsp3) is 0.647. The van der Waals surface area contributed by atoms with Crippen LogP contribution in [0.4, 0.5) is 0 Å². The van der Waals surface area contributed by atoms with Crippen LogP contribution in [-0.2, 0) is 0 Å². The maximum Gasteiger partial charge on any atom is 0.128 e. The molecule has 0 radical (unpaired) electrons. The zero-order chi connectivity index (χ0) is 14.4. The van der Waals surface area contributed by atoms with Crippen LogP contribution in [0.15, 0.2) is 18.2 Å². The molecular formula is C17H25NO2. The molecule has 3 rings (SSSR count). The quantitative estimate of drug-likeness (QED) is 0.847. The Bertz CT molecular complexity index is 500. The molecule has 1 saturated carbocycles. The molecule has 3 nitrogen and oxygen atoms in total. The van der Waals surface area contributed by atoms with E-state index in [1.807, 2.05) is 18.2 Å². The first-order valence-corrected chi connectivity index (χ1v) is 7.56. The number of methoxy groups -OCH3 is 1. The number of hydrogen-bond donors (Lipinski definition) is 1. The average molecular weight is 275 g/mol. The summed E-state index contributed by atoms with van der Waals surface area (Å²) in [4.78, 5) is 0. The fourth-order valence-electron chi connectivity index (χ4n) is 3.51. The summed E-state index contributed by atoms with van der Waals surface area (Å²) in [7, 11) is 1.68. The SMILES string of the molecule is COc1ccc2c(c1)OC1(CCC(C)(C)CC1)C[C@@H]2N. The normalized spacial score (nSPS) is 26.7. The second-order valence-electron chi connectivity index (χ2n) is 7.16. The van der Waals surface area contributed by atoms with E-state index in [0.717, 1.165) is 36.3 Å². The first-order valence-electron chi connectivity index (χ1n) is 7.56. The van der Waals surface area contributed by atoms with Crippen molar-refractivity contribution in [2.45, 2.75) is 57.6 Å². The molecule has 1 atom stereocenters. The monoisotopic (exact) mass is 275 g/mol. The van der Waals surface area contributed by atoms with Crippen molar-refractivity contribution in [3.05, 3.63) is 23.8 Å². The molecule has 20 heavy (non-hydrogen) atoms. The van der Waals surface area contributed by atoms with Crippen molar-refractivity contribution in [3.63, 3.8) is 0 Å². The highest BCUT2D eigenvalue weighted by Crippen LogP contribution is 2.49. The predicted octanol–water partition coefficient (Wildman–Crippen LogP) is 3.82. The van der Waals surface area contributed by atoms with E-state index >= 15 is 0 Å². The summed E-state index contributed by atoms with van der Waals surface area (Å²) >= 11 is 0. The van der Waals surface area contributed by atoms with Gasteiger partial charge in [-0.3, -0.25) is 0 Å². The van der Waals surface area contributed by atoms with E-state index in [1.54, 1.807) is 7.11 Å². The zero-order valence-corrected chi connectivity index (χ0v) is 12.7. The van der Waals surface area contributed by atoms with Crippen molar-refractivity contribution in [1.82, 2.24) is 0 Å². The van der Waals surface area contributed by atoms with Crippen LogP contribution in [0.25, 0.3) is 0 Å². The lowest BCUT2D eigenvalue weighted by molar-refractivity contribution is -0.0261. The van der Waals surface area contributed by atoms with Gasteiger partial charge in [-0.2, -0.15) is 0 Å². The lowest BCUT2D eigenvalue weighted by Crippen LogP contribution is -2.46. The van der Waals surface area contributed by atoms with E-state index in [-0.39, 0.29) is 11.6 Å². The van der Waals surface area contributed by atoms with E-state index < -0.39 is 0 Å². The van der Waals surface area contributed by atoms with E-state index in [1.165, 1.54) is 12.8 Å². The highest BCUT2D eigenvalue weighted by Gasteiger charge is 2.44. The summed E-state index contributed by atoms with van der Waals surface area (Å²) in [5.41, 5.74) is 7.88. The first-order chi connectivity index (χ1) is 9.43. The summed E-state index contributed by atoms with van der Waals surface area (Å²) in [5, 5.41) is 0. The van der Waals surface area contributed by atoms with Crippen molar-refractivity contribution < 1.29 is 9.47 Å². The second-order valence-corrected chi connectivity index (χ2v) is 7.16. The lowest BCUT2D eigenvalue weighted by atomic mass is 9.68. The van der Waals surface area contributed by atoms with Crippen LogP contribution in [0, 0.1) is 5.41 Å². The van der Waals surface area contributed by atoms with Gasteiger partial charge in [0.1, 0.15) is 17.1 Å². The van der Waals surface area contributed by atoms with Gasteiger partial charge in [0.05, 0.1) is 7.11 Å². The van der Waals surface area contributed by atoms with E-state index in [0.29, 0.717) is 5.41 Å². The molecule has 0 amide bonds. The number of hydrogen-bond acceptors (Lipinski definition) is 3. The summed E-state index contributed by atoms with van der Waals surface area (Å²) in [6, 6.07) is 6.06. The summed E-state index contributed by atoms with van der Waals surface area (Å²) in [5.74, 6) is 1.76. The molecule has 110 valence electrons. The Kier molecular flexibility index (Phi) is 3.20. The minimum Gasteiger partial charge on any atom is -0.497 e. The van der Waals surface area contributed by atoms with E-state index in [2.05, 4.69) is 13.8 Å². The lowest BCUT2D eigenvalue weighted by Gasteiger charge is -2.47. The standard InChI is InChI=1S/C17H25NO2/c1-16(2)6-8-17(9-7-16)11-14(18)13-5-4-12(19-3)10-15(13)20-17/h4-5,10,14H,6-9,11,18H2,1-3H3/t14-/m0/s1. The molecule has 2 N–H and O–H groups in total. The molecule has 2 aliphatic rings. The van der Waals surface area contributed by atoms with Crippen LogP contribution in [-0.4, -0.2) is 12.7 Å². The van der Waals surface area contributed by atoms with Crippen molar-refractivity contribution in [3.8, 4) is 11.5 Å². The Hall–Kier alpha value is -1.22. The molecular weight excluding hydrogens is 250 g/mol. The third-order valence-electron chi connectivity index (χ3n) is 5.05. The van der Waals surface area contributed by atoms with Gasteiger partial charge >= 0.3 is 0 Å². The smallest absolute Gasteiger partial charge is 0.128 e. The molecule has 0 aromatic heterocycles. The maximum atomic E-state index is 6.41. The Morgan fingerprint density at radius 3 is 2.55 bits per heavy atom. The number of fused-ring (bicyclic) bond motifs is 1. The molecule has 1 fully saturated rings. The number of benzene rings is 1. The number of rotatable bonds is 1. The molecule has 1 aromatic rings. The highest BCUT2D eigenvalue weighted by atomic mass is 16.5. The predicted molar refractivity (Wildman–Crippen MR) is 80.1 cm³/mol. The van der Waals surface area contributed by atoms with Crippen molar-refractivity contribution in [2.24, 2.45) is 11.1 Å². The highest BCUT2D eigenvalue weighted by molar-refractivity contribution is 5.44. The van der Waals surface area contributed by atoms with Gasteiger partial charge in [-0.05, 0) is 37.2 Å². The minimum atomic E-state index is -0.0612. The van der Waals surface area contributed by atoms with E-state index in [9.17, 15) is 0 Å². The summed E-state index contributed by atoms with van der Waals surface area (Å²) in [6.07, 6.45) is 5.55. The Morgan fingerprint density at radius 1 is 1.20 bits per heavy atom. The van der Waals surface area contributed by atoms with Crippen molar-refractivity contribution >= 4 is 0 Å². The first kappa shape index (κ1) is 13.7. The minimum absolute atomic E-state index is 0.0612. The Balaban J connectivity index is 1.88. The molecule has 1 aliphatic heterocycles. The van der Waals surface area contributed by atoms with Crippen LogP contribution in [0.1, 0.15) is 57.6 Å². The topological polar surface area (TPSA) is 44.5 Å². The van der Waals surface area contributed by atoms with Crippen LogP contribution in [0.3, 0.4) is 0 Å². The third kappa shape index (κ3) is 2.39. The van der Waals surface area contributed by atoms with E-state index in [4.69, 9.17) is 15.2 Å². The maximum absolute atomic E-state index is 6.41. The average Bonchev–Trinajstić information content (AvgIpc) is 2.42. The summed E-state index contributed by atoms with van der Waals surface area (Å²) in [6.45, 7) is 4.69. The second kappa shape index (κ2) is 4.66. The van der Waals surface area contributed by atoms with Gasteiger partial charge in [0.15, 0.2) is 0 Å². The largest absolute Gasteiger partial charge is 0.497 e. The molecule has 1 heterocycles. The van der Waals surface area contributed by atoms with Crippen molar-refractivity contribution in [1.29, 1.82) is 0 Å². The molecule has 0 bridgehead atoms. The van der Waals surface area contributed by atoms with Gasteiger partial charge in [0.2, 0.25) is 0 Å². The fourth-order valence-corrected chi connectivity index (χ4v) is 3.51. The third-order valence-corrected chi connectivity index (χ3v) is 5.05. The van der Waals surface area contributed by atoms with Crippen LogP contribution in [0.5, 0.6) is 11.5 Å².